The second-order valence-electron chi connectivity index (χ2n) is 27.5. The van der Waals surface area contributed by atoms with Gasteiger partial charge in [0.15, 0.2) is 0 Å². The van der Waals surface area contributed by atoms with E-state index in [-0.39, 0.29) is 106 Å². The van der Waals surface area contributed by atoms with Crippen LogP contribution in [0.4, 0.5) is 34.1 Å². The van der Waals surface area contributed by atoms with Crippen LogP contribution < -0.4 is 30.7 Å². The number of anilines is 6. The van der Waals surface area contributed by atoms with Crippen molar-refractivity contribution >= 4 is 213 Å². The minimum absolute atomic E-state index is 0.0839. The van der Waals surface area contributed by atoms with Crippen molar-refractivity contribution in [2.45, 2.75) is 126 Å². The summed E-state index contributed by atoms with van der Waals surface area (Å²) >= 11 is 19.6. The van der Waals surface area contributed by atoms with Gasteiger partial charge < -0.3 is 36.4 Å². The Labute approximate surface area is 693 Å². The zero-order chi connectivity index (χ0) is 83.6. The third-order valence-electron chi connectivity index (χ3n) is 18.7. The summed E-state index contributed by atoms with van der Waals surface area (Å²) in [6.45, 7) is 13.1. The van der Waals surface area contributed by atoms with Crippen LogP contribution in [-0.4, -0.2) is 164 Å². The van der Waals surface area contributed by atoms with E-state index >= 15 is 0 Å². The van der Waals surface area contributed by atoms with E-state index in [1.807, 2.05) is 96.1 Å². The number of benzene rings is 6. The molecule has 26 nitrogen and oxygen atoms in total. The first-order chi connectivity index (χ1) is 54.7. The number of amides is 9. The maximum absolute atomic E-state index is 13.6. The number of carbonyl (C=O) groups excluding carboxylic acids is 9. The second kappa shape index (κ2) is 40.3. The van der Waals surface area contributed by atoms with Gasteiger partial charge in [0.05, 0.1) is 48.5 Å². The molecule has 6 aliphatic heterocycles. The van der Waals surface area contributed by atoms with Crippen LogP contribution in [-0.2, 0) is 62.3 Å². The fraction of sp³-hybridized carbons (Fsp3) is 0.301. The number of thiocarbonyl (C=S) groups is 3. The van der Waals surface area contributed by atoms with Crippen molar-refractivity contribution in [1.82, 2.24) is 14.7 Å². The lowest BCUT2D eigenvalue weighted by Crippen LogP contribution is -2.35. The number of aryl methyl sites for hydroxylation is 6. The molecule has 6 aliphatic rings. The summed E-state index contributed by atoms with van der Waals surface area (Å²) in [5.74, 6) is -6.67. The number of thioether (sulfide) groups is 3. The Kier molecular flexibility index (Phi) is 30.8. The van der Waals surface area contributed by atoms with Crippen molar-refractivity contribution in [3.63, 3.8) is 0 Å². The lowest BCUT2D eigenvalue weighted by Gasteiger charge is -2.17. The number of carboxylic acids is 4. The van der Waals surface area contributed by atoms with Gasteiger partial charge in [-0.3, -0.25) is 91.7 Å². The molecule has 0 spiro atoms. The van der Waals surface area contributed by atoms with E-state index in [1.165, 1.54) is 29.4 Å². The predicted octanol–water partition coefficient (Wildman–Crippen LogP) is 13.6. The van der Waals surface area contributed by atoms with Crippen LogP contribution >= 0.6 is 71.9 Å². The van der Waals surface area contributed by atoms with E-state index in [2.05, 4.69) is 16.0 Å². The smallest absolute Gasteiger partial charge is 0.303 e. The second-order valence-corrected chi connectivity index (χ2v) is 32.5. The minimum atomic E-state index is -0.846. The number of para-hydroxylation sites is 3. The summed E-state index contributed by atoms with van der Waals surface area (Å²) in [5.41, 5.74) is 12.1. The summed E-state index contributed by atoms with van der Waals surface area (Å²) < 4.78 is 1.09. The summed E-state index contributed by atoms with van der Waals surface area (Å²) in [6.07, 6.45) is 5.61. The van der Waals surface area contributed by atoms with Gasteiger partial charge in [0.2, 0.25) is 17.7 Å². The fourth-order valence-corrected chi connectivity index (χ4v) is 17.1. The van der Waals surface area contributed by atoms with Crippen LogP contribution in [0.2, 0.25) is 0 Å². The van der Waals surface area contributed by atoms with Gasteiger partial charge in [-0.15, -0.1) is 0 Å². The van der Waals surface area contributed by atoms with E-state index in [0.29, 0.717) is 141 Å². The van der Waals surface area contributed by atoms with Gasteiger partial charge in [-0.25, -0.2) is 0 Å². The first kappa shape index (κ1) is 87.9. The topological polar surface area (TPSA) is 358 Å². The summed E-state index contributed by atoms with van der Waals surface area (Å²) in [6, 6.07) is 38.6. The number of nitrogens with one attached hydrogen (secondary N) is 3. The normalized spacial score (nSPS) is 16.6. The van der Waals surface area contributed by atoms with E-state index in [4.69, 9.17) is 61.9 Å². The number of hydrogen-bond acceptors (Lipinski definition) is 19. The Morgan fingerprint density at radius 2 is 0.583 bits per heavy atom. The lowest BCUT2D eigenvalue weighted by atomic mass is 10.1. The third-order valence-corrected chi connectivity index (χ3v) is 23.1. The van der Waals surface area contributed by atoms with Crippen molar-refractivity contribution in [2.75, 3.05) is 69.9 Å². The summed E-state index contributed by atoms with van der Waals surface area (Å²) in [7, 11) is 0. The highest BCUT2D eigenvalue weighted by Crippen LogP contribution is 2.48. The van der Waals surface area contributed by atoms with Crippen LogP contribution in [0.15, 0.2) is 142 Å². The van der Waals surface area contributed by atoms with Crippen molar-refractivity contribution in [1.29, 1.82) is 0 Å². The quantitative estimate of drug-likeness (QED) is 0.0143. The molecule has 32 heteroatoms. The van der Waals surface area contributed by atoms with Gasteiger partial charge in [0, 0.05) is 79.6 Å². The average molecular weight is 1670 g/mol. The first-order valence-corrected chi connectivity index (χ1v) is 40.5. The minimum Gasteiger partial charge on any atom is -0.481 e. The molecular formula is C83H85N9O17S6. The molecule has 0 aliphatic carbocycles. The van der Waals surface area contributed by atoms with Crippen molar-refractivity contribution in [2.24, 2.45) is 0 Å². The number of carbonyl (C=O) groups is 13. The molecule has 600 valence electrons. The Hall–Kier alpha value is -11.0. The van der Waals surface area contributed by atoms with Crippen LogP contribution in [0.25, 0.3) is 16.7 Å². The third kappa shape index (κ3) is 22.3. The molecule has 0 atom stereocenters. The molecule has 0 aromatic heterocycles. The highest BCUT2D eigenvalue weighted by Gasteiger charge is 2.46. The molecular weight excluding hydrogens is 1590 g/mol. The Morgan fingerprint density at radius 1 is 0.339 bits per heavy atom. The highest BCUT2D eigenvalue weighted by atomic mass is 32.2. The number of nitrogens with zero attached hydrogens (tertiary/aromatic N) is 6. The number of hydrogen-bond donors (Lipinski definition) is 7. The number of unbranched alkanes of at least 4 members (excludes halogenated alkanes) is 6. The largest absolute Gasteiger partial charge is 0.481 e. The van der Waals surface area contributed by atoms with Gasteiger partial charge in [-0.1, -0.05) is 182 Å². The fourth-order valence-electron chi connectivity index (χ4n) is 13.0. The van der Waals surface area contributed by atoms with Gasteiger partial charge in [0.1, 0.15) is 32.6 Å². The maximum Gasteiger partial charge on any atom is 0.303 e. The Morgan fingerprint density at radius 3 is 0.826 bits per heavy atom. The lowest BCUT2D eigenvalue weighted by molar-refractivity contribution is -0.138. The van der Waals surface area contributed by atoms with E-state index in [0.717, 1.165) is 75.6 Å². The summed E-state index contributed by atoms with van der Waals surface area (Å²) in [5, 5.41) is 42.4. The van der Waals surface area contributed by atoms with E-state index < -0.39 is 41.6 Å². The van der Waals surface area contributed by atoms with Gasteiger partial charge in [0.25, 0.3) is 41.4 Å². The van der Waals surface area contributed by atoms with Crippen LogP contribution in [0.3, 0.4) is 0 Å². The van der Waals surface area contributed by atoms with E-state index in [9.17, 15) is 57.5 Å². The molecule has 0 bridgehead atoms. The molecule has 6 aromatic carbocycles. The summed E-state index contributed by atoms with van der Waals surface area (Å²) in [4.78, 5) is 170. The van der Waals surface area contributed by atoms with Crippen LogP contribution in [0.1, 0.15) is 134 Å². The molecule has 6 heterocycles. The number of fused-ring (bicyclic) bond motifs is 3. The molecule has 0 unspecified atom stereocenters. The SMILES string of the molecule is CC(=O)O.Cc1ccc(C)c(NC(=O)CN2C(=O)/C(=C3\SC(=S)N(CCCCCC(=O)O)C3=O)c3ccccc32)c1.Cc1ccc(C)c(NC(=O)CN2C(=O)/C(=C3\SC(=S)N(CCCCCC(=O)O)C3=O)c3ccccc32)c1.Cc1ccc(C)c(NC(=O)CN2C(=O)/C(=C3\SC(=S)N(CCCCCC(=O)O)C3=O)c3ccccc32)c1. The number of rotatable bonds is 27. The number of carboxylic acid groups (broad SMARTS) is 4. The van der Waals surface area contributed by atoms with Crippen molar-refractivity contribution in [3.05, 3.63) is 192 Å². The molecule has 0 radical (unpaired) electrons. The Balaban J connectivity index is 0.000000193. The predicted molar refractivity (Wildman–Crippen MR) is 458 cm³/mol. The van der Waals surface area contributed by atoms with Gasteiger partial charge in [-0.2, -0.15) is 0 Å². The van der Waals surface area contributed by atoms with Crippen LogP contribution in [0.5, 0.6) is 0 Å². The van der Waals surface area contributed by atoms with Crippen molar-refractivity contribution in [3.8, 4) is 0 Å². The molecule has 3 fully saturated rings. The molecule has 6 aromatic rings. The van der Waals surface area contributed by atoms with Crippen LogP contribution in [0, 0.1) is 41.5 Å². The first-order valence-electron chi connectivity index (χ1n) is 36.8. The van der Waals surface area contributed by atoms with Gasteiger partial charge in [-0.05, 0) is 150 Å². The zero-order valence-electron chi connectivity index (χ0n) is 64.1. The number of aliphatic carboxylic acids is 4. The monoisotopic (exact) mass is 1670 g/mol. The van der Waals surface area contributed by atoms with Crippen molar-refractivity contribution < 1.29 is 82.8 Å². The highest BCUT2D eigenvalue weighted by molar-refractivity contribution is 8.27. The molecule has 0 saturated carbocycles. The zero-order valence-corrected chi connectivity index (χ0v) is 69.0. The molecule has 115 heavy (non-hydrogen) atoms. The maximum atomic E-state index is 13.6. The molecule has 3 saturated heterocycles. The molecule has 12 rings (SSSR count). The Bertz CT molecular complexity index is 4610. The van der Waals surface area contributed by atoms with Gasteiger partial charge >= 0.3 is 17.9 Å². The standard InChI is InChI=1S/3C27H27N3O5S2.C2H4O2/c3*1-16-11-12-17(2)19(14-16)28-21(31)15-30-20-9-6-5-8-18(20)23(25(30)34)24-26(35)29(27(36)37-24)13-7-3-4-10-22(32)33;1-2(3)4/h3*5-6,8-9,11-12,14H,3-4,7,10,13,15H2,1-2H3,(H,28,31)(H,32,33);1H3,(H,3,4)/b3*24-23-;. The van der Waals surface area contributed by atoms with E-state index in [1.54, 1.807) is 72.8 Å². The molecule has 9 amide bonds. The molecule has 7 N–H and O–H groups in total. The average Bonchev–Trinajstić information content (AvgIpc) is 1.61.